The van der Waals surface area contributed by atoms with Crippen molar-refractivity contribution in [2.75, 3.05) is 26.3 Å². The number of likely N-dealkylation sites (tertiary alicyclic amines) is 1. The number of pyridine rings is 1. The molecule has 0 radical (unpaired) electrons. The minimum absolute atomic E-state index is 0.139. The molecule has 0 aromatic carbocycles. The number of piperidine rings is 1. The van der Waals surface area contributed by atoms with Crippen molar-refractivity contribution in [2.45, 2.75) is 44.3 Å². The Hall–Kier alpha value is -1.96. The van der Waals surface area contributed by atoms with Crippen molar-refractivity contribution in [3.05, 3.63) is 56.1 Å². The molecule has 3 aliphatic rings. The first-order valence-corrected chi connectivity index (χ1v) is 11.5. The fourth-order valence-corrected chi connectivity index (χ4v) is 5.84. The molecule has 2 fully saturated rings. The molecule has 7 heteroatoms. The second-order valence-corrected chi connectivity index (χ2v) is 9.28. The van der Waals surface area contributed by atoms with Crippen LogP contribution in [-0.2, 0) is 17.8 Å². The largest absolute Gasteiger partial charge is 0.381 e. The van der Waals surface area contributed by atoms with E-state index in [9.17, 15) is 9.59 Å². The number of hydrogen-bond donors (Lipinski definition) is 1. The molecule has 154 valence electrons. The topological polar surface area (TPSA) is 63.6 Å². The molecular formula is C22H27N3O3S. The number of hydrogen-bond acceptors (Lipinski definition) is 5. The molecule has 5 heterocycles. The van der Waals surface area contributed by atoms with Crippen LogP contribution in [0.25, 0.3) is 0 Å². The zero-order valence-electron chi connectivity index (χ0n) is 16.5. The van der Waals surface area contributed by atoms with E-state index in [2.05, 4.69) is 10.2 Å². The van der Waals surface area contributed by atoms with Gasteiger partial charge in [-0.3, -0.25) is 14.5 Å². The van der Waals surface area contributed by atoms with Crippen molar-refractivity contribution in [1.82, 2.24) is 14.8 Å². The Labute approximate surface area is 174 Å². The fraction of sp³-hybridized carbons (Fsp3) is 0.545. The highest BCUT2D eigenvalue weighted by Gasteiger charge is 2.37. The number of nitrogens with zero attached hydrogens (tertiary/aromatic N) is 2. The molecule has 0 aliphatic carbocycles. The number of amides is 1. The first-order chi connectivity index (χ1) is 14.2. The van der Waals surface area contributed by atoms with Gasteiger partial charge in [0.05, 0.1) is 0 Å². The van der Waals surface area contributed by atoms with Crippen LogP contribution in [0.1, 0.15) is 46.8 Å². The molecule has 2 aromatic rings. The molecule has 0 unspecified atom stereocenters. The first-order valence-electron chi connectivity index (χ1n) is 10.5. The minimum atomic E-state index is -0.281. The van der Waals surface area contributed by atoms with E-state index in [1.165, 1.54) is 0 Å². The number of carbonyl (C=O) groups excluding carboxylic acids is 1. The van der Waals surface area contributed by atoms with Crippen LogP contribution in [0, 0.1) is 5.92 Å². The van der Waals surface area contributed by atoms with Gasteiger partial charge >= 0.3 is 0 Å². The second kappa shape index (κ2) is 8.05. The number of nitrogens with one attached hydrogen (secondary N) is 1. The summed E-state index contributed by atoms with van der Waals surface area (Å²) in [5.41, 5.74) is 2.27. The van der Waals surface area contributed by atoms with Gasteiger partial charge in [0, 0.05) is 57.0 Å². The van der Waals surface area contributed by atoms with Crippen LogP contribution >= 0.6 is 11.3 Å². The predicted molar refractivity (Wildman–Crippen MR) is 112 cm³/mol. The van der Waals surface area contributed by atoms with E-state index >= 15 is 0 Å². The summed E-state index contributed by atoms with van der Waals surface area (Å²) >= 11 is 1.60. The normalized spacial score (nSPS) is 24.8. The van der Waals surface area contributed by atoms with Gasteiger partial charge in [-0.15, -0.1) is 0 Å². The fourth-order valence-electron chi connectivity index (χ4n) is 5.17. The van der Waals surface area contributed by atoms with Crippen molar-refractivity contribution in [3.8, 4) is 0 Å². The van der Waals surface area contributed by atoms with Crippen LogP contribution < -0.4 is 10.9 Å². The van der Waals surface area contributed by atoms with E-state index in [0.717, 1.165) is 63.4 Å². The molecule has 2 bridgehead atoms. The highest BCUT2D eigenvalue weighted by Crippen LogP contribution is 2.37. The lowest BCUT2D eigenvalue weighted by Crippen LogP contribution is -2.52. The van der Waals surface area contributed by atoms with Crippen LogP contribution in [0.5, 0.6) is 0 Å². The molecule has 1 amide bonds. The first kappa shape index (κ1) is 19.0. The van der Waals surface area contributed by atoms with E-state index in [-0.39, 0.29) is 17.0 Å². The van der Waals surface area contributed by atoms with Gasteiger partial charge in [-0.1, -0.05) is 0 Å². The van der Waals surface area contributed by atoms with Gasteiger partial charge < -0.3 is 14.6 Å². The monoisotopic (exact) mass is 413 g/mol. The van der Waals surface area contributed by atoms with Gasteiger partial charge in [-0.05, 0) is 59.7 Å². The third-order valence-electron chi connectivity index (χ3n) is 6.62. The minimum Gasteiger partial charge on any atom is -0.381 e. The molecule has 5 rings (SSSR count). The second-order valence-electron chi connectivity index (χ2n) is 8.50. The molecule has 3 aliphatic heterocycles. The highest BCUT2D eigenvalue weighted by molar-refractivity contribution is 7.07. The van der Waals surface area contributed by atoms with Crippen LogP contribution in [0.3, 0.4) is 0 Å². The number of ether oxygens (including phenoxy) is 1. The Balaban J connectivity index is 1.34. The average Bonchev–Trinajstić information content (AvgIpc) is 3.27. The number of thiophene rings is 1. The quantitative estimate of drug-likeness (QED) is 0.836. The Morgan fingerprint density at radius 3 is 2.83 bits per heavy atom. The Kier molecular flexibility index (Phi) is 5.28. The van der Waals surface area contributed by atoms with Crippen LogP contribution in [0.2, 0.25) is 0 Å². The van der Waals surface area contributed by atoms with E-state index in [4.69, 9.17) is 4.74 Å². The summed E-state index contributed by atoms with van der Waals surface area (Å²) < 4.78 is 7.40. The van der Waals surface area contributed by atoms with Crippen molar-refractivity contribution in [3.63, 3.8) is 0 Å². The van der Waals surface area contributed by atoms with Crippen LogP contribution in [0.4, 0.5) is 0 Å². The molecule has 29 heavy (non-hydrogen) atoms. The van der Waals surface area contributed by atoms with Crippen LogP contribution in [0.15, 0.2) is 33.8 Å². The standard InChI is InChI=1S/C22H27N3O3S/c26-21(23-10-15-5-8-29-14-15)19-1-2-20-17-9-16(12-25(20)22(19)27)11-24(13-17)18-3-6-28-7-4-18/h1-2,5,8,14,16-18H,3-4,6-7,9-13H2,(H,23,26)/t16-,17+/m0/s1. The summed E-state index contributed by atoms with van der Waals surface area (Å²) in [4.78, 5) is 28.3. The summed E-state index contributed by atoms with van der Waals surface area (Å²) in [6.45, 7) is 4.93. The SMILES string of the molecule is O=C(NCc1ccsc1)c1ccc2n(c1=O)C[C@H]1C[C@@H]2CN(C2CCOCC2)C1. The Bertz CT molecular complexity index is 933. The van der Waals surface area contributed by atoms with Crippen LogP contribution in [-0.4, -0.2) is 47.7 Å². The molecule has 0 spiro atoms. The summed E-state index contributed by atoms with van der Waals surface area (Å²) in [7, 11) is 0. The maximum atomic E-state index is 13.1. The highest BCUT2D eigenvalue weighted by atomic mass is 32.1. The lowest BCUT2D eigenvalue weighted by atomic mass is 9.82. The summed E-state index contributed by atoms with van der Waals surface area (Å²) in [5.74, 6) is 0.572. The molecular weight excluding hydrogens is 386 g/mol. The predicted octanol–water partition coefficient (Wildman–Crippen LogP) is 2.44. The molecule has 1 N–H and O–H groups in total. The number of fused-ring (bicyclic) bond motifs is 4. The van der Waals surface area contributed by atoms with Gasteiger partial charge in [-0.25, -0.2) is 0 Å². The number of carbonyl (C=O) groups is 1. The third-order valence-corrected chi connectivity index (χ3v) is 7.35. The molecule has 0 saturated carbocycles. The zero-order valence-corrected chi connectivity index (χ0v) is 17.3. The lowest BCUT2D eigenvalue weighted by Gasteiger charge is -2.46. The van der Waals surface area contributed by atoms with Crippen molar-refractivity contribution in [2.24, 2.45) is 5.92 Å². The van der Waals surface area contributed by atoms with E-state index < -0.39 is 0 Å². The summed E-state index contributed by atoms with van der Waals surface area (Å²) in [6, 6.07) is 6.32. The van der Waals surface area contributed by atoms with Gasteiger partial charge in [0.15, 0.2) is 0 Å². The van der Waals surface area contributed by atoms with Crippen molar-refractivity contribution < 1.29 is 9.53 Å². The van der Waals surface area contributed by atoms with Gasteiger partial charge in [0.2, 0.25) is 0 Å². The summed E-state index contributed by atoms with van der Waals surface area (Å²) in [5, 5.41) is 6.87. The maximum absolute atomic E-state index is 13.1. The van der Waals surface area contributed by atoms with Crippen molar-refractivity contribution >= 4 is 17.2 Å². The summed E-state index contributed by atoms with van der Waals surface area (Å²) in [6.07, 6.45) is 3.35. The Morgan fingerprint density at radius 1 is 1.17 bits per heavy atom. The van der Waals surface area contributed by atoms with Gasteiger partial charge in [-0.2, -0.15) is 11.3 Å². The number of aromatic nitrogens is 1. The van der Waals surface area contributed by atoms with Gasteiger partial charge in [0.25, 0.3) is 11.5 Å². The average molecular weight is 414 g/mol. The van der Waals surface area contributed by atoms with E-state index in [0.29, 0.717) is 24.4 Å². The van der Waals surface area contributed by atoms with E-state index in [1.54, 1.807) is 17.4 Å². The van der Waals surface area contributed by atoms with Gasteiger partial charge in [0.1, 0.15) is 5.56 Å². The molecule has 2 aromatic heterocycles. The third kappa shape index (κ3) is 3.79. The molecule has 6 nitrogen and oxygen atoms in total. The molecule has 2 atom stereocenters. The maximum Gasteiger partial charge on any atom is 0.263 e. The number of rotatable bonds is 4. The zero-order chi connectivity index (χ0) is 19.8. The smallest absolute Gasteiger partial charge is 0.263 e. The Morgan fingerprint density at radius 2 is 2.03 bits per heavy atom. The molecule has 2 saturated heterocycles. The lowest BCUT2D eigenvalue weighted by molar-refractivity contribution is 0.00585. The van der Waals surface area contributed by atoms with Crippen molar-refractivity contribution in [1.29, 1.82) is 0 Å². The van der Waals surface area contributed by atoms with E-state index in [1.807, 2.05) is 27.5 Å².